The quantitative estimate of drug-likeness (QED) is 0.596. The molecule has 0 saturated carbocycles. The van der Waals surface area contributed by atoms with Crippen molar-refractivity contribution in [2.45, 2.75) is 27.2 Å². The van der Waals surface area contributed by atoms with Crippen LogP contribution in [0.25, 0.3) is 5.57 Å². The second kappa shape index (κ2) is 6.80. The lowest BCUT2D eigenvalue weighted by molar-refractivity contribution is 1.14. The predicted molar refractivity (Wildman–Crippen MR) is 82.5 cm³/mol. The van der Waals surface area contributed by atoms with E-state index in [9.17, 15) is 0 Å². The zero-order valence-electron chi connectivity index (χ0n) is 11.7. The lowest BCUT2D eigenvalue weighted by atomic mass is 9.99. The fraction of sp³-hybridized carbons (Fsp3) is 0.222. The summed E-state index contributed by atoms with van der Waals surface area (Å²) in [6.07, 6.45) is 6.97. The molecule has 0 unspecified atom stereocenters. The second-order valence-electron chi connectivity index (χ2n) is 4.44. The maximum atomic E-state index is 3.89. The third-order valence-electron chi connectivity index (χ3n) is 3.06. The van der Waals surface area contributed by atoms with Crippen LogP contribution in [0.4, 0.5) is 0 Å². The van der Waals surface area contributed by atoms with E-state index in [0.717, 1.165) is 12.0 Å². The monoisotopic (exact) mass is 238 g/mol. The highest BCUT2D eigenvalue weighted by molar-refractivity contribution is 5.68. The molecule has 0 amide bonds. The highest BCUT2D eigenvalue weighted by Gasteiger charge is 1.99. The zero-order chi connectivity index (χ0) is 13.5. The number of hydrogen-bond donors (Lipinski definition) is 0. The van der Waals surface area contributed by atoms with Gasteiger partial charge >= 0.3 is 0 Å². The molecule has 0 bridgehead atoms. The van der Waals surface area contributed by atoms with Crippen molar-refractivity contribution >= 4 is 5.57 Å². The lowest BCUT2D eigenvalue weighted by Gasteiger charge is -2.06. The van der Waals surface area contributed by atoms with E-state index >= 15 is 0 Å². The standard InChI is InChI=1S/C18H22/c1-6-16(7-2)17(8-3)13-15(5)18-11-9-10-14(4)12-18/h6,8-13H,1,3,7H2,2,4-5H3/b15-13+,17-16-. The number of rotatable bonds is 5. The number of benzene rings is 1. The highest BCUT2D eigenvalue weighted by Crippen LogP contribution is 2.20. The van der Waals surface area contributed by atoms with Crippen molar-refractivity contribution in [3.63, 3.8) is 0 Å². The van der Waals surface area contributed by atoms with Crippen LogP contribution in [0.1, 0.15) is 31.4 Å². The molecule has 0 atom stereocenters. The Balaban J connectivity index is 3.19. The Hall–Kier alpha value is -1.82. The molecule has 0 N–H and O–H groups in total. The predicted octanol–water partition coefficient (Wildman–Crippen LogP) is 5.48. The first-order chi connectivity index (χ1) is 8.62. The fourth-order valence-electron chi connectivity index (χ4n) is 1.96. The van der Waals surface area contributed by atoms with Crippen LogP contribution in [0.15, 0.2) is 66.8 Å². The van der Waals surface area contributed by atoms with E-state index in [4.69, 9.17) is 0 Å². The molecule has 0 spiro atoms. The summed E-state index contributed by atoms with van der Waals surface area (Å²) in [5.41, 5.74) is 6.18. The van der Waals surface area contributed by atoms with Crippen molar-refractivity contribution in [2.75, 3.05) is 0 Å². The summed E-state index contributed by atoms with van der Waals surface area (Å²) in [7, 11) is 0. The zero-order valence-corrected chi connectivity index (χ0v) is 11.7. The van der Waals surface area contributed by atoms with E-state index < -0.39 is 0 Å². The van der Waals surface area contributed by atoms with Gasteiger partial charge < -0.3 is 0 Å². The van der Waals surface area contributed by atoms with E-state index in [2.05, 4.69) is 64.3 Å². The summed E-state index contributed by atoms with van der Waals surface area (Å²) in [6, 6.07) is 8.54. The Morgan fingerprint density at radius 3 is 2.44 bits per heavy atom. The minimum absolute atomic E-state index is 0.975. The average molecular weight is 238 g/mol. The third kappa shape index (κ3) is 3.59. The molecule has 0 heterocycles. The molecule has 94 valence electrons. The average Bonchev–Trinajstić information content (AvgIpc) is 2.38. The summed E-state index contributed by atoms with van der Waals surface area (Å²) < 4.78 is 0. The Kier molecular flexibility index (Phi) is 5.38. The molecular formula is C18H22. The van der Waals surface area contributed by atoms with Crippen LogP contribution in [0.3, 0.4) is 0 Å². The van der Waals surface area contributed by atoms with Gasteiger partial charge in [0.15, 0.2) is 0 Å². The summed E-state index contributed by atoms with van der Waals surface area (Å²) in [4.78, 5) is 0. The van der Waals surface area contributed by atoms with E-state index in [0.29, 0.717) is 0 Å². The topological polar surface area (TPSA) is 0 Å². The van der Waals surface area contributed by atoms with Gasteiger partial charge in [-0.25, -0.2) is 0 Å². The molecule has 0 aliphatic rings. The SMILES string of the molecule is C=CC(/C=C(\C)c1cccc(C)c1)=C(\C=C)CC. The Morgan fingerprint density at radius 2 is 1.94 bits per heavy atom. The molecule has 0 aliphatic heterocycles. The van der Waals surface area contributed by atoms with Crippen LogP contribution in [0.2, 0.25) is 0 Å². The van der Waals surface area contributed by atoms with Crippen LogP contribution in [-0.4, -0.2) is 0 Å². The second-order valence-corrected chi connectivity index (χ2v) is 4.44. The molecule has 0 aromatic heterocycles. The molecular weight excluding hydrogens is 216 g/mol. The normalized spacial score (nSPS) is 12.9. The van der Waals surface area contributed by atoms with Crippen molar-refractivity contribution in [3.8, 4) is 0 Å². The van der Waals surface area contributed by atoms with Crippen molar-refractivity contribution in [2.24, 2.45) is 0 Å². The molecule has 0 fully saturated rings. The van der Waals surface area contributed by atoms with Crippen molar-refractivity contribution in [3.05, 3.63) is 77.9 Å². The lowest BCUT2D eigenvalue weighted by Crippen LogP contribution is -1.86. The highest BCUT2D eigenvalue weighted by atomic mass is 14.0. The van der Waals surface area contributed by atoms with Crippen LogP contribution in [-0.2, 0) is 0 Å². The summed E-state index contributed by atoms with van der Waals surface area (Å²) in [5.74, 6) is 0. The molecule has 1 aromatic rings. The van der Waals surface area contributed by atoms with Crippen molar-refractivity contribution in [1.82, 2.24) is 0 Å². The van der Waals surface area contributed by atoms with Gasteiger partial charge in [-0.15, -0.1) is 0 Å². The van der Waals surface area contributed by atoms with Gasteiger partial charge in [0.1, 0.15) is 0 Å². The largest absolute Gasteiger partial charge is 0.0988 e. The van der Waals surface area contributed by atoms with Gasteiger partial charge in [0.2, 0.25) is 0 Å². The van der Waals surface area contributed by atoms with E-state index in [1.807, 2.05) is 12.2 Å². The first-order valence-electron chi connectivity index (χ1n) is 6.35. The molecule has 0 saturated heterocycles. The van der Waals surface area contributed by atoms with Gasteiger partial charge in [-0.05, 0) is 42.6 Å². The van der Waals surface area contributed by atoms with Gasteiger partial charge in [-0.3, -0.25) is 0 Å². The van der Waals surface area contributed by atoms with Crippen LogP contribution >= 0.6 is 0 Å². The van der Waals surface area contributed by atoms with E-state index in [1.165, 1.54) is 22.3 Å². The summed E-state index contributed by atoms with van der Waals surface area (Å²) in [5, 5.41) is 0. The van der Waals surface area contributed by atoms with Gasteiger partial charge in [0, 0.05) is 0 Å². The third-order valence-corrected chi connectivity index (χ3v) is 3.06. The van der Waals surface area contributed by atoms with E-state index in [-0.39, 0.29) is 0 Å². The molecule has 1 aromatic carbocycles. The minimum Gasteiger partial charge on any atom is -0.0988 e. The maximum Gasteiger partial charge on any atom is -0.0225 e. The Morgan fingerprint density at radius 1 is 1.22 bits per heavy atom. The first-order valence-corrected chi connectivity index (χ1v) is 6.35. The van der Waals surface area contributed by atoms with Crippen LogP contribution in [0, 0.1) is 6.92 Å². The molecule has 0 radical (unpaired) electrons. The Labute approximate surface area is 111 Å². The fourth-order valence-corrected chi connectivity index (χ4v) is 1.96. The maximum absolute atomic E-state index is 3.89. The molecule has 18 heavy (non-hydrogen) atoms. The number of allylic oxidation sites excluding steroid dienone is 6. The van der Waals surface area contributed by atoms with Gasteiger partial charge in [-0.2, -0.15) is 0 Å². The van der Waals surface area contributed by atoms with Gasteiger partial charge in [0.05, 0.1) is 0 Å². The van der Waals surface area contributed by atoms with Gasteiger partial charge in [0.25, 0.3) is 0 Å². The summed E-state index contributed by atoms with van der Waals surface area (Å²) in [6.45, 7) is 14.1. The first kappa shape index (κ1) is 14.2. The molecule has 0 heteroatoms. The smallest absolute Gasteiger partial charge is 0.0225 e. The Bertz CT molecular complexity index is 499. The number of aryl methyl sites for hydroxylation is 1. The summed E-state index contributed by atoms with van der Waals surface area (Å²) >= 11 is 0. The molecule has 1 rings (SSSR count). The number of hydrogen-bond acceptors (Lipinski definition) is 0. The van der Waals surface area contributed by atoms with Crippen molar-refractivity contribution < 1.29 is 0 Å². The van der Waals surface area contributed by atoms with Crippen molar-refractivity contribution in [1.29, 1.82) is 0 Å². The van der Waals surface area contributed by atoms with E-state index in [1.54, 1.807) is 0 Å². The van der Waals surface area contributed by atoms with Gasteiger partial charge in [-0.1, -0.05) is 68.1 Å². The molecule has 0 nitrogen and oxygen atoms in total. The minimum atomic E-state index is 0.975. The molecule has 0 aliphatic carbocycles. The van der Waals surface area contributed by atoms with Crippen LogP contribution < -0.4 is 0 Å². The van der Waals surface area contributed by atoms with Crippen LogP contribution in [0.5, 0.6) is 0 Å².